The van der Waals surface area contributed by atoms with Crippen LogP contribution in [0.5, 0.6) is 0 Å². The molecule has 0 aliphatic heterocycles. The third kappa shape index (κ3) is 23.0. The maximum atomic E-state index is 11.6. The highest BCUT2D eigenvalue weighted by Gasteiger charge is 2.12. The molecule has 0 aromatic carbocycles. The van der Waals surface area contributed by atoms with Gasteiger partial charge in [0.2, 0.25) is 0 Å². The van der Waals surface area contributed by atoms with E-state index in [1.807, 2.05) is 13.8 Å². The van der Waals surface area contributed by atoms with Crippen LogP contribution in [0.25, 0.3) is 0 Å². The Morgan fingerprint density at radius 2 is 1.03 bits per heavy atom. The zero-order valence-corrected chi connectivity index (χ0v) is 21.6. The number of hydrogen-bond acceptors (Lipinski definition) is 12. The van der Waals surface area contributed by atoms with Crippen molar-refractivity contribution in [1.82, 2.24) is 15.5 Å². The van der Waals surface area contributed by atoms with E-state index in [0.29, 0.717) is 26.1 Å². The lowest BCUT2D eigenvalue weighted by Crippen LogP contribution is -2.36. The first kappa shape index (κ1) is 33.8. The number of ether oxygens (including phenoxy) is 6. The third-order valence-corrected chi connectivity index (χ3v) is 4.13. The van der Waals surface area contributed by atoms with Crippen molar-refractivity contribution in [2.45, 2.75) is 39.5 Å². The van der Waals surface area contributed by atoms with Crippen molar-refractivity contribution >= 4 is 38.0 Å². The molecule has 0 spiro atoms. The van der Waals surface area contributed by atoms with E-state index < -0.39 is 30.2 Å². The second kappa shape index (κ2) is 23.2. The summed E-state index contributed by atoms with van der Waals surface area (Å²) in [6.45, 7) is 4.99. The highest BCUT2D eigenvalue weighted by Crippen LogP contribution is 1.95. The molecular formula is C22H38BN3O11. The maximum Gasteiger partial charge on any atom is 0.508 e. The van der Waals surface area contributed by atoms with Crippen molar-refractivity contribution in [3.8, 4) is 0 Å². The van der Waals surface area contributed by atoms with Gasteiger partial charge in [-0.1, -0.05) is 13.8 Å². The van der Waals surface area contributed by atoms with Gasteiger partial charge in [0, 0.05) is 32.7 Å². The Bertz CT molecular complexity index is 634. The van der Waals surface area contributed by atoms with Gasteiger partial charge in [0.15, 0.2) is 7.85 Å². The molecule has 0 atom stereocenters. The summed E-state index contributed by atoms with van der Waals surface area (Å²) in [7, 11) is 5.22. The summed E-state index contributed by atoms with van der Waals surface area (Å²) in [6, 6.07) is 0. The van der Waals surface area contributed by atoms with Gasteiger partial charge in [-0.25, -0.2) is 19.2 Å². The molecule has 0 aliphatic carbocycles. The summed E-state index contributed by atoms with van der Waals surface area (Å²) in [6.07, 6.45) is -0.680. The minimum Gasteiger partial charge on any atom is -0.450 e. The molecule has 0 aromatic rings. The molecular weight excluding hydrogens is 493 g/mol. The molecule has 0 aliphatic rings. The van der Waals surface area contributed by atoms with Crippen molar-refractivity contribution < 1.29 is 52.4 Å². The van der Waals surface area contributed by atoms with E-state index in [1.165, 1.54) is 4.90 Å². The normalized spacial score (nSPS) is 10.2. The van der Waals surface area contributed by atoms with Gasteiger partial charge in [-0.15, -0.1) is 0 Å². The second-order valence-electron chi connectivity index (χ2n) is 7.47. The largest absolute Gasteiger partial charge is 0.508 e. The second-order valence-corrected chi connectivity index (χ2v) is 7.47. The highest BCUT2D eigenvalue weighted by molar-refractivity contribution is 6.58. The molecule has 210 valence electrons. The number of hydrogen-bond donors (Lipinski definition) is 2. The number of alkyl carbamates (subject to hydrolysis) is 2. The molecule has 0 fully saturated rings. The standard InChI is InChI=1S/C22H38BN3O11/c1-3-11-32-19(28)24-7-5-13-34-21(30)36-15-9-26(17-18(23)27)10-16-37-22(31)35-14-6-8-25-20(29)33-12-4-2/h3-17H2,1-2H3,(H,24,28)(H,25,29). The molecule has 0 bridgehead atoms. The maximum absolute atomic E-state index is 11.6. The molecule has 2 radical (unpaired) electrons. The van der Waals surface area contributed by atoms with Crippen LogP contribution in [0.3, 0.4) is 0 Å². The topological polar surface area (TPSA) is 168 Å². The van der Waals surface area contributed by atoms with Crippen LogP contribution >= 0.6 is 0 Å². The monoisotopic (exact) mass is 531 g/mol. The van der Waals surface area contributed by atoms with Gasteiger partial charge < -0.3 is 43.8 Å². The lowest BCUT2D eigenvalue weighted by molar-refractivity contribution is -0.113. The summed E-state index contributed by atoms with van der Waals surface area (Å²) >= 11 is 0. The van der Waals surface area contributed by atoms with E-state index in [9.17, 15) is 24.0 Å². The summed E-state index contributed by atoms with van der Waals surface area (Å²) in [4.78, 5) is 58.6. The molecule has 0 saturated heterocycles. The van der Waals surface area contributed by atoms with Gasteiger partial charge in [0.05, 0.1) is 32.1 Å². The summed E-state index contributed by atoms with van der Waals surface area (Å²) < 4.78 is 29.3. The van der Waals surface area contributed by atoms with E-state index in [-0.39, 0.29) is 59.2 Å². The summed E-state index contributed by atoms with van der Waals surface area (Å²) in [5, 5.41) is 5.03. The average molecular weight is 531 g/mol. The Labute approximate surface area is 218 Å². The molecule has 0 saturated carbocycles. The zero-order chi connectivity index (χ0) is 27.7. The molecule has 2 N–H and O–H groups in total. The van der Waals surface area contributed by atoms with Gasteiger partial charge in [0.25, 0.3) is 0 Å². The fraction of sp³-hybridized carbons (Fsp3) is 0.773. The number of rotatable bonds is 20. The predicted octanol–water partition coefficient (Wildman–Crippen LogP) is 1.34. The van der Waals surface area contributed by atoms with Crippen LogP contribution in [0, 0.1) is 0 Å². The van der Waals surface area contributed by atoms with Crippen molar-refractivity contribution in [3.05, 3.63) is 0 Å². The molecule has 0 heterocycles. The van der Waals surface area contributed by atoms with Crippen LogP contribution in [0.2, 0.25) is 0 Å². The number of amides is 2. The first-order valence-corrected chi connectivity index (χ1v) is 12.2. The van der Waals surface area contributed by atoms with Crippen LogP contribution in [0.1, 0.15) is 39.5 Å². The lowest BCUT2D eigenvalue weighted by atomic mass is 10.0. The van der Waals surface area contributed by atoms with Crippen LogP contribution in [0.15, 0.2) is 0 Å². The Kier molecular flexibility index (Phi) is 21.2. The average Bonchev–Trinajstić information content (AvgIpc) is 2.85. The quantitative estimate of drug-likeness (QED) is 0.100. The van der Waals surface area contributed by atoms with Gasteiger partial charge in [-0.3, -0.25) is 4.90 Å². The predicted molar refractivity (Wildman–Crippen MR) is 130 cm³/mol. The van der Waals surface area contributed by atoms with Gasteiger partial charge in [-0.2, -0.15) is 0 Å². The number of carbonyl (C=O) groups is 5. The molecule has 14 nitrogen and oxygen atoms in total. The smallest absolute Gasteiger partial charge is 0.450 e. The molecule has 2 amide bonds. The molecule has 37 heavy (non-hydrogen) atoms. The van der Waals surface area contributed by atoms with Crippen LogP contribution in [0.4, 0.5) is 19.2 Å². The van der Waals surface area contributed by atoms with E-state index >= 15 is 0 Å². The van der Waals surface area contributed by atoms with E-state index in [4.69, 9.17) is 36.3 Å². The molecule has 0 unspecified atom stereocenters. The van der Waals surface area contributed by atoms with Crippen molar-refractivity contribution in [2.24, 2.45) is 0 Å². The number of nitrogens with zero attached hydrogens (tertiary/aromatic N) is 1. The van der Waals surface area contributed by atoms with E-state index in [0.717, 1.165) is 12.8 Å². The summed E-state index contributed by atoms with van der Waals surface area (Å²) in [5.41, 5.74) is -0.611. The molecule has 0 rings (SSSR count). The van der Waals surface area contributed by atoms with Crippen LogP contribution in [-0.2, 0) is 33.2 Å². The Morgan fingerprint density at radius 1 is 0.622 bits per heavy atom. The van der Waals surface area contributed by atoms with Crippen LogP contribution in [-0.4, -0.2) is 115 Å². The van der Waals surface area contributed by atoms with Gasteiger partial charge in [0.1, 0.15) is 13.2 Å². The van der Waals surface area contributed by atoms with E-state index in [1.54, 1.807) is 0 Å². The summed E-state index contributed by atoms with van der Waals surface area (Å²) in [5.74, 6) is 0. The van der Waals surface area contributed by atoms with Crippen molar-refractivity contribution in [2.75, 3.05) is 72.4 Å². The zero-order valence-electron chi connectivity index (χ0n) is 21.6. The van der Waals surface area contributed by atoms with Crippen LogP contribution < -0.4 is 10.6 Å². The minimum absolute atomic E-state index is 0.0346. The van der Waals surface area contributed by atoms with Crippen molar-refractivity contribution in [1.29, 1.82) is 0 Å². The van der Waals surface area contributed by atoms with Gasteiger partial charge in [-0.05, 0) is 25.7 Å². The fourth-order valence-electron chi connectivity index (χ4n) is 2.42. The molecule has 0 aromatic heterocycles. The first-order valence-electron chi connectivity index (χ1n) is 12.2. The first-order chi connectivity index (χ1) is 17.8. The lowest BCUT2D eigenvalue weighted by Gasteiger charge is -2.20. The number of nitrogens with one attached hydrogen (secondary N) is 2. The van der Waals surface area contributed by atoms with Crippen molar-refractivity contribution in [3.63, 3.8) is 0 Å². The fourth-order valence-corrected chi connectivity index (χ4v) is 2.42. The van der Waals surface area contributed by atoms with E-state index in [2.05, 4.69) is 10.6 Å². The van der Waals surface area contributed by atoms with Gasteiger partial charge >= 0.3 is 24.5 Å². The Balaban J connectivity index is 3.94. The Hall–Kier alpha value is -3.23. The minimum atomic E-state index is -0.902. The Morgan fingerprint density at radius 3 is 1.41 bits per heavy atom. The third-order valence-electron chi connectivity index (χ3n) is 4.13. The molecule has 15 heteroatoms. The highest BCUT2D eigenvalue weighted by atomic mass is 16.7. The SMILES string of the molecule is [B]C(=O)CN(CCOC(=O)OCCCNC(=O)OCCC)CCOC(=O)OCCCNC(=O)OCCC. The number of carbonyl (C=O) groups excluding carboxylic acids is 5.